The minimum absolute atomic E-state index is 0.00165. The van der Waals surface area contributed by atoms with Gasteiger partial charge in [0.1, 0.15) is 23.9 Å². The first-order chi connectivity index (χ1) is 15.5. The van der Waals surface area contributed by atoms with Crippen molar-refractivity contribution in [3.63, 3.8) is 0 Å². The number of ether oxygens (including phenoxy) is 3. The molecule has 3 aromatic rings. The fraction of sp³-hybridized carbons (Fsp3) is 0.348. The highest BCUT2D eigenvalue weighted by molar-refractivity contribution is 5.92. The minimum atomic E-state index is -0.608. The predicted octanol–water partition coefficient (Wildman–Crippen LogP) is 4.52. The fourth-order valence-corrected chi connectivity index (χ4v) is 3.51. The van der Waals surface area contributed by atoms with E-state index in [1.807, 2.05) is 13.8 Å². The SMILES string of the molecule is CO[C@H](C)CCOC(=O)Nc1cc2cc(-c3cnc4c(c3C)NCCO4)c(F)cc2cn1. The second-order valence-electron chi connectivity index (χ2n) is 7.60. The summed E-state index contributed by atoms with van der Waals surface area (Å²) in [7, 11) is 1.60. The van der Waals surface area contributed by atoms with Gasteiger partial charge in [0.15, 0.2) is 0 Å². The van der Waals surface area contributed by atoms with Crippen LogP contribution in [-0.4, -0.2) is 49.0 Å². The van der Waals surface area contributed by atoms with Crippen LogP contribution in [0.4, 0.5) is 20.7 Å². The zero-order valence-electron chi connectivity index (χ0n) is 18.2. The van der Waals surface area contributed by atoms with E-state index in [4.69, 9.17) is 14.2 Å². The molecule has 1 aliphatic rings. The van der Waals surface area contributed by atoms with Crippen LogP contribution in [0.2, 0.25) is 0 Å². The summed E-state index contributed by atoms with van der Waals surface area (Å²) in [5.41, 5.74) is 2.70. The molecule has 2 aromatic heterocycles. The Bertz CT molecular complexity index is 1150. The summed E-state index contributed by atoms with van der Waals surface area (Å²) >= 11 is 0. The smallest absolute Gasteiger partial charge is 0.412 e. The first kappa shape index (κ1) is 21.8. The number of hydrogen-bond donors (Lipinski definition) is 2. The molecule has 0 aliphatic carbocycles. The highest BCUT2D eigenvalue weighted by Gasteiger charge is 2.19. The summed E-state index contributed by atoms with van der Waals surface area (Å²) < 4.78 is 30.8. The molecule has 8 nitrogen and oxygen atoms in total. The van der Waals surface area contributed by atoms with E-state index in [1.165, 1.54) is 12.3 Å². The van der Waals surface area contributed by atoms with Gasteiger partial charge in [-0.2, -0.15) is 0 Å². The molecule has 3 heterocycles. The number of methoxy groups -OCH3 is 1. The quantitative estimate of drug-likeness (QED) is 0.582. The molecule has 9 heteroatoms. The fourth-order valence-electron chi connectivity index (χ4n) is 3.51. The van der Waals surface area contributed by atoms with E-state index in [1.54, 1.807) is 25.4 Å². The van der Waals surface area contributed by atoms with Gasteiger partial charge in [-0.05, 0) is 43.0 Å². The maximum absolute atomic E-state index is 15.0. The largest absolute Gasteiger partial charge is 0.474 e. The van der Waals surface area contributed by atoms with E-state index in [9.17, 15) is 9.18 Å². The monoisotopic (exact) mass is 440 g/mol. The number of rotatable bonds is 6. The molecule has 4 rings (SSSR count). The molecule has 0 saturated heterocycles. The van der Waals surface area contributed by atoms with E-state index in [0.29, 0.717) is 47.8 Å². The highest BCUT2D eigenvalue weighted by Crippen LogP contribution is 2.37. The number of carbonyl (C=O) groups excluding carboxylic acids is 1. The minimum Gasteiger partial charge on any atom is -0.474 e. The summed E-state index contributed by atoms with van der Waals surface area (Å²) in [6.45, 7) is 5.24. The summed E-state index contributed by atoms with van der Waals surface area (Å²) in [4.78, 5) is 20.6. The van der Waals surface area contributed by atoms with Crippen molar-refractivity contribution in [1.82, 2.24) is 9.97 Å². The summed E-state index contributed by atoms with van der Waals surface area (Å²) in [5, 5.41) is 7.21. The van der Waals surface area contributed by atoms with Crippen LogP contribution in [0.3, 0.4) is 0 Å². The average molecular weight is 440 g/mol. The number of anilines is 2. The molecule has 1 aliphatic heterocycles. The molecule has 168 valence electrons. The first-order valence-electron chi connectivity index (χ1n) is 10.4. The lowest BCUT2D eigenvalue weighted by Gasteiger charge is -2.21. The van der Waals surface area contributed by atoms with Crippen molar-refractivity contribution >= 4 is 28.4 Å². The Morgan fingerprint density at radius 3 is 2.91 bits per heavy atom. The Morgan fingerprint density at radius 1 is 1.25 bits per heavy atom. The summed E-state index contributed by atoms with van der Waals surface area (Å²) in [5.74, 6) is 0.455. The maximum atomic E-state index is 15.0. The second kappa shape index (κ2) is 9.35. The van der Waals surface area contributed by atoms with Crippen molar-refractivity contribution in [2.24, 2.45) is 0 Å². The third-order valence-electron chi connectivity index (χ3n) is 5.43. The van der Waals surface area contributed by atoms with Crippen LogP contribution in [0, 0.1) is 12.7 Å². The van der Waals surface area contributed by atoms with E-state index >= 15 is 0 Å². The molecule has 2 N–H and O–H groups in total. The van der Waals surface area contributed by atoms with Gasteiger partial charge in [-0.3, -0.25) is 5.32 Å². The van der Waals surface area contributed by atoms with Crippen LogP contribution < -0.4 is 15.4 Å². The number of fused-ring (bicyclic) bond motifs is 2. The first-order valence-corrected chi connectivity index (χ1v) is 10.4. The number of halogens is 1. The molecular formula is C23H25FN4O4. The third kappa shape index (κ3) is 4.57. The van der Waals surface area contributed by atoms with Gasteiger partial charge < -0.3 is 19.5 Å². The zero-order chi connectivity index (χ0) is 22.7. The van der Waals surface area contributed by atoms with E-state index in [-0.39, 0.29) is 18.5 Å². The average Bonchev–Trinajstić information content (AvgIpc) is 2.79. The number of amides is 1. The molecule has 1 amide bonds. The van der Waals surface area contributed by atoms with Gasteiger partial charge in [0, 0.05) is 49.0 Å². The Labute approximate surface area is 185 Å². The summed E-state index contributed by atoms with van der Waals surface area (Å²) in [6, 6.07) is 4.83. The van der Waals surface area contributed by atoms with Crippen LogP contribution in [0.5, 0.6) is 5.88 Å². The van der Waals surface area contributed by atoms with Gasteiger partial charge in [0.05, 0.1) is 12.7 Å². The Morgan fingerprint density at radius 2 is 2.09 bits per heavy atom. The maximum Gasteiger partial charge on any atom is 0.412 e. The number of hydrogen-bond acceptors (Lipinski definition) is 7. The van der Waals surface area contributed by atoms with Gasteiger partial charge in [0.25, 0.3) is 0 Å². The van der Waals surface area contributed by atoms with Crippen LogP contribution >= 0.6 is 0 Å². The van der Waals surface area contributed by atoms with Crippen LogP contribution in [0.15, 0.2) is 30.6 Å². The molecule has 0 bridgehead atoms. The predicted molar refractivity (Wildman–Crippen MR) is 120 cm³/mol. The third-order valence-corrected chi connectivity index (χ3v) is 5.43. The van der Waals surface area contributed by atoms with E-state index < -0.39 is 6.09 Å². The lowest BCUT2D eigenvalue weighted by Crippen LogP contribution is -2.20. The molecule has 0 fully saturated rings. The number of nitrogens with one attached hydrogen (secondary N) is 2. The topological polar surface area (TPSA) is 94.6 Å². The summed E-state index contributed by atoms with van der Waals surface area (Å²) in [6.07, 6.45) is 3.11. The van der Waals surface area contributed by atoms with Crippen LogP contribution in [0.1, 0.15) is 18.9 Å². The molecule has 1 aromatic carbocycles. The van der Waals surface area contributed by atoms with Gasteiger partial charge in [-0.1, -0.05) is 0 Å². The van der Waals surface area contributed by atoms with Crippen molar-refractivity contribution in [2.75, 3.05) is 37.5 Å². The number of benzene rings is 1. The highest BCUT2D eigenvalue weighted by atomic mass is 19.1. The van der Waals surface area contributed by atoms with Crippen molar-refractivity contribution in [3.8, 4) is 17.0 Å². The molecule has 1 atom stereocenters. The number of carbonyl (C=O) groups is 1. The van der Waals surface area contributed by atoms with E-state index in [0.717, 1.165) is 16.6 Å². The molecule has 0 unspecified atom stereocenters. The van der Waals surface area contributed by atoms with Gasteiger partial charge in [0.2, 0.25) is 5.88 Å². The van der Waals surface area contributed by atoms with Crippen molar-refractivity contribution < 1.29 is 23.4 Å². The van der Waals surface area contributed by atoms with Crippen molar-refractivity contribution in [3.05, 3.63) is 42.0 Å². The Hall–Kier alpha value is -3.46. The number of pyridine rings is 2. The molecule has 0 saturated carbocycles. The molecule has 0 radical (unpaired) electrons. The van der Waals surface area contributed by atoms with Crippen molar-refractivity contribution in [2.45, 2.75) is 26.4 Å². The standard InChI is InChI=1S/C23H25FN4O4/c1-13(30-3)4-6-32-23(29)28-20-10-15-8-17(19(24)9-16(15)11-26-20)18-12-27-22-21(14(18)2)25-5-7-31-22/h8-13,25H,4-7H2,1-3H3,(H,26,28,29)/t13-/m1/s1. The van der Waals surface area contributed by atoms with Gasteiger partial charge in [-0.25, -0.2) is 19.2 Å². The number of aromatic nitrogens is 2. The van der Waals surface area contributed by atoms with E-state index in [2.05, 4.69) is 20.6 Å². The van der Waals surface area contributed by atoms with Gasteiger partial charge >= 0.3 is 6.09 Å². The number of nitrogens with zero attached hydrogens (tertiary/aromatic N) is 2. The second-order valence-corrected chi connectivity index (χ2v) is 7.60. The van der Waals surface area contributed by atoms with Gasteiger partial charge in [-0.15, -0.1) is 0 Å². The normalized spacial score (nSPS) is 13.6. The lowest BCUT2D eigenvalue weighted by atomic mass is 9.98. The molecular weight excluding hydrogens is 415 g/mol. The molecule has 32 heavy (non-hydrogen) atoms. The van der Waals surface area contributed by atoms with Crippen LogP contribution in [-0.2, 0) is 9.47 Å². The Kier molecular flexibility index (Phi) is 6.36. The lowest BCUT2D eigenvalue weighted by molar-refractivity contribution is 0.0836. The van der Waals surface area contributed by atoms with Crippen LogP contribution in [0.25, 0.3) is 21.9 Å². The zero-order valence-corrected chi connectivity index (χ0v) is 18.2. The van der Waals surface area contributed by atoms with Crippen molar-refractivity contribution in [1.29, 1.82) is 0 Å². The Balaban J connectivity index is 1.58. The molecule has 0 spiro atoms.